The summed E-state index contributed by atoms with van der Waals surface area (Å²) in [7, 11) is 0. The van der Waals surface area contributed by atoms with Gasteiger partial charge in [-0.15, -0.1) is 0 Å². The second-order valence-corrected chi connectivity index (χ2v) is 7.25. The minimum Gasteiger partial charge on any atom is -0.378 e. The van der Waals surface area contributed by atoms with Gasteiger partial charge in [-0.2, -0.15) is 0 Å². The SMILES string of the molecule is CCN1C(=O)/C(=C/c2ccc(N3CCOCC3)c(C)c2)SC1=S. The second kappa shape index (κ2) is 7.03. The average Bonchev–Trinajstić information content (AvgIpc) is 2.82. The van der Waals surface area contributed by atoms with E-state index in [9.17, 15) is 4.79 Å². The lowest BCUT2D eigenvalue weighted by Crippen LogP contribution is -2.36. The number of morpholine rings is 1. The Morgan fingerprint density at radius 1 is 1.35 bits per heavy atom. The fourth-order valence-electron chi connectivity index (χ4n) is 2.85. The van der Waals surface area contributed by atoms with E-state index in [1.807, 2.05) is 13.0 Å². The Hall–Kier alpha value is -1.37. The number of hydrogen-bond acceptors (Lipinski definition) is 5. The maximum absolute atomic E-state index is 12.3. The van der Waals surface area contributed by atoms with E-state index in [4.69, 9.17) is 17.0 Å². The Bertz CT molecular complexity index is 667. The molecule has 4 nitrogen and oxygen atoms in total. The molecule has 0 radical (unpaired) electrons. The largest absolute Gasteiger partial charge is 0.378 e. The number of amides is 1. The lowest BCUT2D eigenvalue weighted by Gasteiger charge is -2.30. The van der Waals surface area contributed by atoms with Gasteiger partial charge in [0.25, 0.3) is 5.91 Å². The molecule has 23 heavy (non-hydrogen) atoms. The number of anilines is 1. The number of thioether (sulfide) groups is 1. The first-order valence-corrected chi connectivity index (χ1v) is 9.01. The second-order valence-electron chi connectivity index (χ2n) is 5.57. The van der Waals surface area contributed by atoms with Crippen LogP contribution in [0.5, 0.6) is 0 Å². The Balaban J connectivity index is 1.82. The molecule has 0 atom stereocenters. The van der Waals surface area contributed by atoms with Crippen LogP contribution in [-0.4, -0.2) is 48.0 Å². The molecule has 2 fully saturated rings. The average molecular weight is 348 g/mol. The summed E-state index contributed by atoms with van der Waals surface area (Å²) >= 11 is 6.63. The van der Waals surface area contributed by atoms with Gasteiger partial charge in [0.15, 0.2) is 0 Å². The molecule has 1 aromatic carbocycles. The summed E-state index contributed by atoms with van der Waals surface area (Å²) in [6.07, 6.45) is 1.94. The van der Waals surface area contributed by atoms with Crippen LogP contribution < -0.4 is 4.90 Å². The number of nitrogens with zero attached hydrogens (tertiary/aromatic N) is 2. The van der Waals surface area contributed by atoms with Gasteiger partial charge in [-0.05, 0) is 43.2 Å². The molecular weight excluding hydrogens is 328 g/mol. The van der Waals surface area contributed by atoms with Crippen LogP contribution in [0.25, 0.3) is 6.08 Å². The van der Waals surface area contributed by atoms with Gasteiger partial charge in [-0.3, -0.25) is 9.69 Å². The summed E-state index contributed by atoms with van der Waals surface area (Å²) in [5.41, 5.74) is 3.49. The van der Waals surface area contributed by atoms with E-state index in [2.05, 4.69) is 30.0 Å². The third kappa shape index (κ3) is 3.44. The normalized spacial score (nSPS) is 20.7. The fraction of sp³-hybridized carbons (Fsp3) is 0.412. The highest BCUT2D eigenvalue weighted by Gasteiger charge is 2.30. The number of benzene rings is 1. The van der Waals surface area contributed by atoms with E-state index in [1.54, 1.807) is 4.90 Å². The zero-order chi connectivity index (χ0) is 16.4. The van der Waals surface area contributed by atoms with Gasteiger partial charge in [0.1, 0.15) is 4.32 Å². The molecule has 1 amide bonds. The summed E-state index contributed by atoms with van der Waals surface area (Å²) in [6.45, 7) is 8.08. The minimum absolute atomic E-state index is 0.0115. The molecule has 6 heteroatoms. The zero-order valence-electron chi connectivity index (χ0n) is 13.4. The van der Waals surface area contributed by atoms with Crippen LogP contribution in [0, 0.1) is 6.92 Å². The molecule has 2 heterocycles. The van der Waals surface area contributed by atoms with E-state index in [0.717, 1.165) is 31.9 Å². The molecule has 2 saturated heterocycles. The smallest absolute Gasteiger partial charge is 0.266 e. The third-order valence-corrected chi connectivity index (χ3v) is 5.44. The van der Waals surface area contributed by atoms with Crippen LogP contribution in [0.1, 0.15) is 18.1 Å². The summed E-state index contributed by atoms with van der Waals surface area (Å²) in [6, 6.07) is 6.33. The first kappa shape index (κ1) is 16.5. The topological polar surface area (TPSA) is 32.8 Å². The molecule has 2 aliphatic heterocycles. The van der Waals surface area contributed by atoms with Crippen molar-refractivity contribution in [3.8, 4) is 0 Å². The molecule has 122 valence electrons. The Morgan fingerprint density at radius 3 is 2.70 bits per heavy atom. The first-order valence-electron chi connectivity index (χ1n) is 7.79. The van der Waals surface area contributed by atoms with E-state index in [0.29, 0.717) is 15.8 Å². The molecular formula is C17H20N2O2S2. The van der Waals surface area contributed by atoms with E-state index >= 15 is 0 Å². The molecule has 0 saturated carbocycles. The van der Waals surface area contributed by atoms with E-state index < -0.39 is 0 Å². The molecule has 0 aromatic heterocycles. The van der Waals surface area contributed by atoms with Crippen molar-refractivity contribution in [2.24, 2.45) is 0 Å². The summed E-state index contributed by atoms with van der Waals surface area (Å²) < 4.78 is 6.05. The van der Waals surface area contributed by atoms with Crippen molar-refractivity contribution in [1.82, 2.24) is 4.90 Å². The number of ether oxygens (including phenoxy) is 1. The van der Waals surface area contributed by atoms with Crippen LogP contribution in [0.3, 0.4) is 0 Å². The standard InChI is InChI=1S/C17H20N2O2S2/c1-3-19-16(20)15(23-17(19)22)11-13-4-5-14(12(2)10-13)18-6-8-21-9-7-18/h4-5,10-11H,3,6-9H2,1-2H3/b15-11-. The van der Waals surface area contributed by atoms with Crippen molar-refractivity contribution in [2.75, 3.05) is 37.7 Å². The molecule has 0 spiro atoms. The Morgan fingerprint density at radius 2 is 2.09 bits per heavy atom. The highest BCUT2D eigenvalue weighted by atomic mass is 32.2. The fourth-order valence-corrected chi connectivity index (χ4v) is 4.24. The van der Waals surface area contributed by atoms with E-state index in [1.165, 1.54) is 23.0 Å². The van der Waals surface area contributed by atoms with Gasteiger partial charge in [0, 0.05) is 25.3 Å². The van der Waals surface area contributed by atoms with Crippen LogP contribution >= 0.6 is 24.0 Å². The van der Waals surface area contributed by atoms with Crippen LogP contribution in [-0.2, 0) is 9.53 Å². The van der Waals surface area contributed by atoms with Crippen molar-refractivity contribution in [1.29, 1.82) is 0 Å². The van der Waals surface area contributed by atoms with Crippen molar-refractivity contribution in [3.05, 3.63) is 34.2 Å². The number of thiocarbonyl (C=S) groups is 1. The predicted octanol–water partition coefficient (Wildman–Crippen LogP) is 3.05. The summed E-state index contributed by atoms with van der Waals surface area (Å²) in [5, 5.41) is 0. The molecule has 3 rings (SSSR count). The zero-order valence-corrected chi connectivity index (χ0v) is 15.0. The Labute approximate surface area is 146 Å². The monoisotopic (exact) mass is 348 g/mol. The van der Waals surface area contributed by atoms with Crippen molar-refractivity contribution < 1.29 is 9.53 Å². The predicted molar refractivity (Wildman–Crippen MR) is 99.8 cm³/mol. The van der Waals surface area contributed by atoms with Gasteiger partial charge in [-0.1, -0.05) is 30.0 Å². The maximum atomic E-state index is 12.3. The molecule has 1 aromatic rings. The number of aryl methyl sites for hydroxylation is 1. The van der Waals surface area contributed by atoms with E-state index in [-0.39, 0.29) is 5.91 Å². The summed E-state index contributed by atoms with van der Waals surface area (Å²) in [5.74, 6) is 0.0115. The van der Waals surface area contributed by atoms with Crippen LogP contribution in [0.15, 0.2) is 23.1 Å². The molecule has 2 aliphatic rings. The van der Waals surface area contributed by atoms with Gasteiger partial charge in [0.2, 0.25) is 0 Å². The van der Waals surface area contributed by atoms with Crippen LogP contribution in [0.2, 0.25) is 0 Å². The molecule has 0 unspecified atom stereocenters. The third-order valence-electron chi connectivity index (χ3n) is 4.06. The van der Waals surface area contributed by atoms with Gasteiger partial charge >= 0.3 is 0 Å². The van der Waals surface area contributed by atoms with Crippen molar-refractivity contribution in [2.45, 2.75) is 13.8 Å². The number of hydrogen-bond donors (Lipinski definition) is 0. The molecule has 0 N–H and O–H groups in total. The molecule has 0 aliphatic carbocycles. The highest BCUT2D eigenvalue weighted by Crippen LogP contribution is 2.33. The van der Waals surface area contributed by atoms with Gasteiger partial charge < -0.3 is 9.64 Å². The number of likely N-dealkylation sites (N-methyl/N-ethyl adjacent to an activating group) is 1. The quantitative estimate of drug-likeness (QED) is 0.619. The Kier molecular flexibility index (Phi) is 5.04. The molecule has 0 bridgehead atoms. The van der Waals surface area contributed by atoms with Crippen LogP contribution in [0.4, 0.5) is 5.69 Å². The number of rotatable bonds is 3. The number of carbonyl (C=O) groups is 1. The van der Waals surface area contributed by atoms with Gasteiger partial charge in [0.05, 0.1) is 18.1 Å². The van der Waals surface area contributed by atoms with Gasteiger partial charge in [-0.25, -0.2) is 0 Å². The first-order chi connectivity index (χ1) is 11.1. The highest BCUT2D eigenvalue weighted by molar-refractivity contribution is 8.26. The van der Waals surface area contributed by atoms with Crippen molar-refractivity contribution >= 4 is 46.0 Å². The lowest BCUT2D eigenvalue weighted by molar-refractivity contribution is -0.121. The minimum atomic E-state index is 0.0115. The lowest BCUT2D eigenvalue weighted by atomic mass is 10.1. The number of carbonyl (C=O) groups excluding carboxylic acids is 1. The summed E-state index contributed by atoms with van der Waals surface area (Å²) in [4.78, 5) is 17.0. The van der Waals surface area contributed by atoms with Crippen molar-refractivity contribution in [3.63, 3.8) is 0 Å². The maximum Gasteiger partial charge on any atom is 0.266 e.